The van der Waals surface area contributed by atoms with Crippen LogP contribution in [0.25, 0.3) is 0 Å². The van der Waals surface area contributed by atoms with Crippen LogP contribution in [0.2, 0.25) is 0 Å². The number of nitrogens with one attached hydrogen (secondary N) is 2. The molecule has 2 heterocycles. The number of urea groups is 1. The highest BCUT2D eigenvalue weighted by Gasteiger charge is 2.31. The van der Waals surface area contributed by atoms with Gasteiger partial charge in [0, 0.05) is 43.9 Å². The summed E-state index contributed by atoms with van der Waals surface area (Å²) in [6, 6.07) is 6.16. The number of ketones is 1. The molecule has 1 atom stereocenters. The first-order valence-corrected chi connectivity index (χ1v) is 8.69. The van der Waals surface area contributed by atoms with Crippen molar-refractivity contribution in [3.63, 3.8) is 0 Å². The van der Waals surface area contributed by atoms with Crippen molar-refractivity contribution >= 4 is 29.3 Å². The molecule has 0 saturated carbocycles. The van der Waals surface area contributed by atoms with Gasteiger partial charge in [-0.1, -0.05) is 0 Å². The van der Waals surface area contributed by atoms with Crippen LogP contribution in [-0.4, -0.2) is 60.7 Å². The Balaban J connectivity index is 1.57. The summed E-state index contributed by atoms with van der Waals surface area (Å²) in [4.78, 5) is 50.8. The SMILES string of the molecule is CC(=O)c1ccc(N2CCN(C(=O)[C@H]3CCC(=O)NC(=O)N3)CC2)cc1. The molecule has 3 rings (SSSR count). The standard InChI is InChI=1S/C18H22N4O4/c1-12(23)13-2-4-14(5-3-13)21-8-10-22(11-9-21)17(25)15-6-7-16(24)20-18(26)19-15/h2-5,15H,6-11H2,1H3,(H2,19,20,24,26)/t15-/m1/s1. The van der Waals surface area contributed by atoms with E-state index >= 15 is 0 Å². The van der Waals surface area contributed by atoms with Crippen molar-refractivity contribution in [2.24, 2.45) is 0 Å². The summed E-state index contributed by atoms with van der Waals surface area (Å²) < 4.78 is 0. The van der Waals surface area contributed by atoms with Gasteiger partial charge in [-0.2, -0.15) is 0 Å². The molecular formula is C18H22N4O4. The van der Waals surface area contributed by atoms with E-state index in [0.717, 1.165) is 5.69 Å². The topological polar surface area (TPSA) is 98.8 Å². The van der Waals surface area contributed by atoms with Crippen LogP contribution in [0, 0.1) is 0 Å². The zero-order valence-corrected chi connectivity index (χ0v) is 14.7. The number of imide groups is 1. The van der Waals surface area contributed by atoms with Crippen molar-refractivity contribution in [1.29, 1.82) is 0 Å². The van der Waals surface area contributed by atoms with E-state index in [9.17, 15) is 19.2 Å². The molecule has 2 saturated heterocycles. The highest BCUT2D eigenvalue weighted by atomic mass is 16.2. The molecule has 2 N–H and O–H groups in total. The number of carbonyl (C=O) groups excluding carboxylic acids is 4. The van der Waals surface area contributed by atoms with Gasteiger partial charge in [-0.3, -0.25) is 19.7 Å². The Morgan fingerprint density at radius 3 is 2.31 bits per heavy atom. The Kier molecular flexibility index (Phi) is 5.20. The Morgan fingerprint density at radius 1 is 1.04 bits per heavy atom. The summed E-state index contributed by atoms with van der Waals surface area (Å²) in [6.07, 6.45) is 0.459. The third-order valence-electron chi connectivity index (χ3n) is 4.75. The van der Waals surface area contributed by atoms with Crippen molar-refractivity contribution in [3.8, 4) is 0 Å². The fourth-order valence-corrected chi connectivity index (χ4v) is 3.23. The minimum absolute atomic E-state index is 0.0328. The minimum Gasteiger partial charge on any atom is -0.368 e. The van der Waals surface area contributed by atoms with Gasteiger partial charge in [-0.15, -0.1) is 0 Å². The molecule has 0 aliphatic carbocycles. The fraction of sp³-hybridized carbons (Fsp3) is 0.444. The zero-order chi connectivity index (χ0) is 18.7. The van der Waals surface area contributed by atoms with Crippen molar-refractivity contribution in [2.45, 2.75) is 25.8 Å². The number of anilines is 1. The summed E-state index contributed by atoms with van der Waals surface area (Å²) >= 11 is 0. The smallest absolute Gasteiger partial charge is 0.322 e. The summed E-state index contributed by atoms with van der Waals surface area (Å²) in [5, 5.41) is 4.74. The molecule has 138 valence electrons. The molecule has 0 spiro atoms. The van der Waals surface area contributed by atoms with Gasteiger partial charge in [0.1, 0.15) is 6.04 Å². The van der Waals surface area contributed by atoms with Gasteiger partial charge >= 0.3 is 6.03 Å². The van der Waals surface area contributed by atoms with Crippen LogP contribution in [0.5, 0.6) is 0 Å². The first kappa shape index (κ1) is 17.9. The van der Waals surface area contributed by atoms with Crippen LogP contribution in [0.4, 0.5) is 10.5 Å². The van der Waals surface area contributed by atoms with E-state index in [2.05, 4.69) is 15.5 Å². The number of amides is 4. The summed E-state index contributed by atoms with van der Waals surface area (Å²) in [6.45, 7) is 3.96. The third-order valence-corrected chi connectivity index (χ3v) is 4.75. The number of piperazine rings is 1. The van der Waals surface area contributed by atoms with E-state index in [1.807, 2.05) is 12.1 Å². The first-order valence-electron chi connectivity index (χ1n) is 8.69. The Bertz CT molecular complexity index is 723. The van der Waals surface area contributed by atoms with Gasteiger partial charge in [0.25, 0.3) is 0 Å². The van der Waals surface area contributed by atoms with Crippen LogP contribution >= 0.6 is 0 Å². The summed E-state index contributed by atoms with van der Waals surface area (Å²) in [7, 11) is 0. The largest absolute Gasteiger partial charge is 0.368 e. The molecular weight excluding hydrogens is 336 g/mol. The van der Waals surface area contributed by atoms with Gasteiger partial charge in [0.2, 0.25) is 11.8 Å². The molecule has 0 unspecified atom stereocenters. The van der Waals surface area contributed by atoms with E-state index in [1.54, 1.807) is 17.0 Å². The molecule has 0 bridgehead atoms. The molecule has 2 fully saturated rings. The van der Waals surface area contributed by atoms with Crippen LogP contribution < -0.4 is 15.5 Å². The quantitative estimate of drug-likeness (QED) is 0.768. The van der Waals surface area contributed by atoms with Gasteiger partial charge in [-0.25, -0.2) is 4.79 Å². The molecule has 8 nitrogen and oxygen atoms in total. The molecule has 2 aliphatic rings. The van der Waals surface area contributed by atoms with E-state index in [-0.39, 0.29) is 24.0 Å². The lowest BCUT2D eigenvalue weighted by Crippen LogP contribution is -2.55. The first-order chi connectivity index (χ1) is 12.4. The second kappa shape index (κ2) is 7.55. The van der Waals surface area contributed by atoms with Crippen molar-refractivity contribution in [2.75, 3.05) is 31.1 Å². The van der Waals surface area contributed by atoms with Gasteiger partial charge in [0.05, 0.1) is 0 Å². The molecule has 1 aromatic carbocycles. The second-order valence-corrected chi connectivity index (χ2v) is 6.53. The van der Waals surface area contributed by atoms with Crippen molar-refractivity contribution < 1.29 is 19.2 Å². The number of rotatable bonds is 3. The van der Waals surface area contributed by atoms with Crippen LogP contribution in [-0.2, 0) is 9.59 Å². The lowest BCUT2D eigenvalue weighted by atomic mass is 10.1. The maximum atomic E-state index is 12.6. The average Bonchev–Trinajstić information content (AvgIpc) is 2.81. The van der Waals surface area contributed by atoms with E-state index < -0.39 is 12.1 Å². The average molecular weight is 358 g/mol. The summed E-state index contributed by atoms with van der Waals surface area (Å²) in [5.41, 5.74) is 1.69. The molecule has 0 aromatic heterocycles. The van der Waals surface area contributed by atoms with E-state index in [1.165, 1.54) is 6.92 Å². The molecule has 1 aromatic rings. The Labute approximate surface area is 151 Å². The van der Waals surface area contributed by atoms with E-state index in [4.69, 9.17) is 0 Å². The molecule has 26 heavy (non-hydrogen) atoms. The normalized spacial score (nSPS) is 20.9. The number of hydrogen-bond donors (Lipinski definition) is 2. The van der Waals surface area contributed by atoms with Crippen molar-refractivity contribution in [1.82, 2.24) is 15.5 Å². The maximum absolute atomic E-state index is 12.6. The Hall–Kier alpha value is -2.90. The lowest BCUT2D eigenvalue weighted by Gasteiger charge is -2.37. The number of Topliss-reactive ketones (excluding diaryl/α,β-unsaturated/α-hetero) is 1. The molecule has 8 heteroatoms. The highest BCUT2D eigenvalue weighted by molar-refractivity contribution is 5.98. The lowest BCUT2D eigenvalue weighted by molar-refractivity contribution is -0.133. The van der Waals surface area contributed by atoms with E-state index in [0.29, 0.717) is 38.2 Å². The Morgan fingerprint density at radius 2 is 1.69 bits per heavy atom. The highest BCUT2D eigenvalue weighted by Crippen LogP contribution is 2.18. The molecule has 0 radical (unpaired) electrons. The van der Waals surface area contributed by atoms with Gasteiger partial charge in [0.15, 0.2) is 5.78 Å². The third kappa shape index (κ3) is 4.01. The summed E-state index contributed by atoms with van der Waals surface area (Å²) in [5.74, 6) is -0.483. The number of nitrogens with zero attached hydrogens (tertiary/aromatic N) is 2. The number of hydrogen-bond acceptors (Lipinski definition) is 5. The minimum atomic E-state index is -0.664. The van der Waals surface area contributed by atoms with Gasteiger partial charge in [-0.05, 0) is 37.6 Å². The van der Waals surface area contributed by atoms with Crippen molar-refractivity contribution in [3.05, 3.63) is 29.8 Å². The van der Waals surface area contributed by atoms with Crippen LogP contribution in [0.3, 0.4) is 0 Å². The number of benzene rings is 1. The monoisotopic (exact) mass is 358 g/mol. The molecule has 4 amide bonds. The molecule has 2 aliphatic heterocycles. The second-order valence-electron chi connectivity index (χ2n) is 6.53. The predicted molar refractivity (Wildman–Crippen MR) is 94.9 cm³/mol. The van der Waals surface area contributed by atoms with Gasteiger partial charge < -0.3 is 15.1 Å². The van der Waals surface area contributed by atoms with Crippen LogP contribution in [0.1, 0.15) is 30.1 Å². The van der Waals surface area contributed by atoms with Crippen LogP contribution in [0.15, 0.2) is 24.3 Å². The predicted octanol–water partition coefficient (Wildman–Crippen LogP) is 0.526. The number of carbonyl (C=O) groups is 4. The maximum Gasteiger partial charge on any atom is 0.322 e. The zero-order valence-electron chi connectivity index (χ0n) is 14.7. The fourth-order valence-electron chi connectivity index (χ4n) is 3.23.